The Balaban J connectivity index is 0.000000160. The van der Waals surface area contributed by atoms with Gasteiger partial charge in [0.25, 0.3) is 33.7 Å². The second-order valence-corrected chi connectivity index (χ2v) is 31.4. The summed E-state index contributed by atoms with van der Waals surface area (Å²) in [6.07, 6.45) is 14.0. The number of ether oxygens (including phenoxy) is 4. The number of halogens is 7. The van der Waals surface area contributed by atoms with Gasteiger partial charge in [0, 0.05) is 196 Å². The van der Waals surface area contributed by atoms with Crippen LogP contribution in [0.4, 0.5) is 36.6 Å². The Morgan fingerprint density at radius 2 is 0.842 bits per heavy atom. The molecule has 0 atom stereocenters. The van der Waals surface area contributed by atoms with Crippen molar-refractivity contribution >= 4 is 35.4 Å². The summed E-state index contributed by atoms with van der Waals surface area (Å²) in [5, 5.41) is 37.6. The molecular weight excluding hydrogens is 1750 g/mol. The van der Waals surface area contributed by atoms with Crippen molar-refractivity contribution in [2.24, 2.45) is 5.92 Å². The van der Waals surface area contributed by atoms with Crippen LogP contribution in [0.5, 0.6) is 23.8 Å². The number of anilines is 1. The average Bonchev–Trinajstić information content (AvgIpc) is 0.665. The maximum atomic E-state index is 13.5. The van der Waals surface area contributed by atoms with E-state index >= 15 is 0 Å². The Kier molecular flexibility index (Phi) is 34.5. The lowest BCUT2D eigenvalue weighted by Crippen LogP contribution is -2.45. The maximum absolute atomic E-state index is 13.5. The molecule has 44 heteroatoms. The van der Waals surface area contributed by atoms with Gasteiger partial charge in [-0.1, -0.05) is 36.8 Å². The minimum Gasteiger partial charge on any atom is -0.474 e. The summed E-state index contributed by atoms with van der Waals surface area (Å²) in [5.41, 5.74) is 4.38. The molecule has 10 heterocycles. The van der Waals surface area contributed by atoms with Crippen molar-refractivity contribution in [2.45, 2.75) is 187 Å². The third-order valence-electron chi connectivity index (χ3n) is 20.2. The van der Waals surface area contributed by atoms with Crippen molar-refractivity contribution < 1.29 is 73.7 Å². The van der Waals surface area contributed by atoms with E-state index in [-0.39, 0.29) is 147 Å². The lowest BCUT2D eigenvalue weighted by molar-refractivity contribution is -0.135. The Morgan fingerprint density at radius 1 is 0.444 bits per heavy atom. The molecule has 10 aromatic heterocycles. The Morgan fingerprint density at radius 3 is 1.21 bits per heavy atom. The van der Waals surface area contributed by atoms with E-state index in [0.29, 0.717) is 108 Å². The van der Waals surface area contributed by atoms with E-state index < -0.39 is 41.3 Å². The number of alkyl halides is 7. The molecule has 702 valence electrons. The fourth-order valence-electron chi connectivity index (χ4n) is 13.3. The number of aromatic nitrogens is 17. The Hall–Kier alpha value is -14.9. The second-order valence-electron chi connectivity index (χ2n) is 31.4. The third kappa shape index (κ3) is 30.6. The van der Waals surface area contributed by atoms with Gasteiger partial charge < -0.3 is 50.8 Å². The average molecular weight is 1850 g/mol. The highest BCUT2D eigenvalue weighted by Crippen LogP contribution is 2.43. The molecule has 5 amide bonds. The van der Waals surface area contributed by atoms with Gasteiger partial charge in [-0.05, 0) is 120 Å². The number of rotatable bonds is 33. The Labute approximate surface area is 755 Å². The number of hydrogen-bond acceptors (Lipinski definition) is 27. The number of nitrogens with one attached hydrogen (secondary N) is 6. The van der Waals surface area contributed by atoms with Crippen LogP contribution in [0.3, 0.4) is 0 Å². The molecule has 4 aliphatic carbocycles. The monoisotopic (exact) mass is 1850 g/mol. The number of aryl methyl sites for hydroxylation is 1. The highest BCUT2D eigenvalue weighted by atomic mass is 19.3. The van der Waals surface area contributed by atoms with Crippen molar-refractivity contribution in [3.8, 4) is 80.1 Å². The first-order valence-electron chi connectivity index (χ1n) is 42.6. The fourth-order valence-corrected chi connectivity index (χ4v) is 13.3. The van der Waals surface area contributed by atoms with E-state index in [2.05, 4.69) is 97.0 Å². The number of hydrogen-bond donors (Lipinski definition) is 6. The van der Waals surface area contributed by atoms with E-state index in [1.165, 1.54) is 85.5 Å². The van der Waals surface area contributed by atoms with Crippen molar-refractivity contribution in [1.29, 1.82) is 0 Å². The van der Waals surface area contributed by atoms with Gasteiger partial charge in [0.15, 0.2) is 0 Å². The summed E-state index contributed by atoms with van der Waals surface area (Å²) >= 11 is 0. The number of carbonyl (C=O) groups excluding carboxylic acids is 5. The van der Waals surface area contributed by atoms with Crippen LogP contribution in [-0.4, -0.2) is 188 Å². The van der Waals surface area contributed by atoms with Gasteiger partial charge in [-0.3, -0.25) is 47.9 Å². The molecule has 0 saturated heterocycles. The summed E-state index contributed by atoms with van der Waals surface area (Å²) < 4.78 is 115. The largest absolute Gasteiger partial charge is 0.474 e. The molecule has 4 fully saturated rings. The number of amides is 5. The van der Waals surface area contributed by atoms with E-state index in [1.54, 1.807) is 69.7 Å². The Bertz CT molecular complexity index is 5950. The summed E-state index contributed by atoms with van der Waals surface area (Å²) in [6.45, 7) is 9.58. The SMILES string of the molecule is CCCOc1ncc(-c2ccc(=O)n(CC(=O)NC3CCC3)n2)cn1.CCNC(=O)Cn1nc(-c2ccc(NC3CC(C)(F)C3)nc2)ccc1=O.CCNC(=O)Cn1nc(-c2ccc(OC3CC(F)(F)C3)nc2)ccc1=O.CCNC(=O)Cn1nc(-c2cnc(OCC3CC(F)(F)C3)nc2)ccc1=O.Cc1cccc(CNC(=O)Cn2nc(-c3ccc(OC(F)F)nc3)ccc2=O)c1. The van der Waals surface area contributed by atoms with Crippen LogP contribution in [0.2, 0.25) is 0 Å². The lowest BCUT2D eigenvalue weighted by Gasteiger charge is -2.39. The zero-order chi connectivity index (χ0) is 95.4. The molecule has 0 radical (unpaired) electrons. The standard InChI is InChI=1S/C20H18F2N4O3.C18H22FN5O2.C17H19F2N5O3.C17H18F2N4O3.C17H21N5O3/c1-13-3-2-4-14(9-13)10-23-17(27)12-26-19(28)8-6-16(25-26)15-5-7-18(24-11-15)29-20(21)22;1-3-20-16(25)11-24-17(26)7-5-14(23-24)12-4-6-15(21-10-12)22-13-8-18(2,19)9-13;1-2-20-14(25)9-24-15(26)4-3-13(23-24)12-7-21-16(22-8-12)27-10-11-5-17(18,19)6-11;1-2-20-14(24)10-23-16(25)6-4-13(22-23)11-3-5-15(21-9-11)26-12-7-17(18,19)8-12;1-2-8-25-17-18-9-12(10-19-17)14-6-7-16(24)22(21-14)11-15(23)20-13-4-3-5-13/h2-9,11,20H,10,12H2,1H3,(H,23,27);4-7,10,13H,3,8-9,11H2,1-2H3,(H,20,25)(H,21,22);3-4,7-8,11H,2,5-6,9-10H2,1H3,(H,20,25);3-6,9,12H,2,7-8,10H2,1H3,(H,20,24);6-7,9-10,13H,2-5,8,11H2,1H3,(H,20,23). The highest BCUT2D eigenvalue weighted by molar-refractivity contribution is 5.78. The summed E-state index contributed by atoms with van der Waals surface area (Å²) in [5.74, 6) is -6.17. The molecule has 11 aromatic rings. The van der Waals surface area contributed by atoms with Crippen molar-refractivity contribution in [1.82, 2.24) is 110 Å². The fraction of sp³-hybridized carbons (Fsp3) is 0.393. The molecular formula is C89H98F7N23O14. The van der Waals surface area contributed by atoms with Crippen LogP contribution >= 0.6 is 0 Å². The van der Waals surface area contributed by atoms with Gasteiger partial charge >= 0.3 is 18.6 Å². The molecule has 0 unspecified atom stereocenters. The minimum absolute atomic E-state index is 0.0876. The number of nitrogens with zero attached hydrogens (tertiary/aromatic N) is 17. The number of likely N-dealkylation sites (N-methyl/N-ethyl adjacent to an activating group) is 3. The maximum Gasteiger partial charge on any atom is 0.388 e. The molecule has 1 aromatic carbocycles. The minimum atomic E-state index is -2.97. The second kappa shape index (κ2) is 46.6. The van der Waals surface area contributed by atoms with E-state index in [9.17, 15) is 78.7 Å². The molecule has 0 spiro atoms. The van der Waals surface area contributed by atoms with Crippen LogP contribution in [0, 0.1) is 12.8 Å². The van der Waals surface area contributed by atoms with Crippen molar-refractivity contribution in [3.05, 3.63) is 228 Å². The quantitative estimate of drug-likeness (QED) is 0.0210. The van der Waals surface area contributed by atoms with E-state index in [0.717, 1.165) is 65.8 Å². The highest BCUT2D eigenvalue weighted by Gasteiger charge is 2.48. The number of carbonyl (C=O) groups is 5. The van der Waals surface area contributed by atoms with E-state index in [1.807, 2.05) is 51.1 Å². The molecule has 0 aliphatic heterocycles. The van der Waals surface area contributed by atoms with Crippen LogP contribution in [0.25, 0.3) is 56.3 Å². The van der Waals surface area contributed by atoms with Crippen LogP contribution < -0.4 is 78.6 Å². The van der Waals surface area contributed by atoms with Crippen molar-refractivity contribution in [3.63, 3.8) is 0 Å². The van der Waals surface area contributed by atoms with Crippen LogP contribution in [0.15, 0.2) is 189 Å². The lowest BCUT2D eigenvalue weighted by atomic mass is 9.79. The smallest absolute Gasteiger partial charge is 0.388 e. The zero-order valence-corrected chi connectivity index (χ0v) is 73.3. The molecule has 6 N–H and O–H groups in total. The normalized spacial score (nSPS) is 15.5. The molecule has 37 nitrogen and oxygen atoms in total. The zero-order valence-electron chi connectivity index (χ0n) is 73.3. The number of pyridine rings is 3. The molecule has 15 rings (SSSR count). The van der Waals surface area contributed by atoms with Gasteiger partial charge in [-0.15, -0.1) is 0 Å². The summed E-state index contributed by atoms with van der Waals surface area (Å²) in [7, 11) is 0. The van der Waals surface area contributed by atoms with Crippen LogP contribution in [-0.2, 0) is 63.2 Å². The number of benzene rings is 1. The van der Waals surface area contributed by atoms with Crippen LogP contribution in [0.1, 0.15) is 110 Å². The third-order valence-corrected chi connectivity index (χ3v) is 20.2. The molecule has 4 saturated carbocycles. The van der Waals surface area contributed by atoms with Gasteiger partial charge in [0.1, 0.15) is 50.3 Å². The van der Waals surface area contributed by atoms with Gasteiger partial charge in [0.2, 0.25) is 47.2 Å². The van der Waals surface area contributed by atoms with E-state index in [4.69, 9.17) is 14.2 Å². The first-order valence-corrected chi connectivity index (χ1v) is 42.6. The molecule has 133 heavy (non-hydrogen) atoms. The molecule has 0 bridgehead atoms. The summed E-state index contributed by atoms with van der Waals surface area (Å²) in [6, 6.07) is 32.4. The topological polar surface area (TPSA) is 459 Å². The molecule has 4 aliphatic rings. The predicted molar refractivity (Wildman–Crippen MR) is 469 cm³/mol. The van der Waals surface area contributed by atoms with Gasteiger partial charge in [-0.2, -0.15) is 34.3 Å². The summed E-state index contributed by atoms with van der Waals surface area (Å²) in [4.78, 5) is 147. The predicted octanol–water partition coefficient (Wildman–Crippen LogP) is 8.31. The van der Waals surface area contributed by atoms with Crippen molar-refractivity contribution in [2.75, 3.05) is 38.2 Å². The first-order chi connectivity index (χ1) is 63.6. The first kappa shape index (κ1) is 98.7. The van der Waals surface area contributed by atoms with Gasteiger partial charge in [0.05, 0.1) is 41.7 Å². The van der Waals surface area contributed by atoms with Gasteiger partial charge in [-0.25, -0.2) is 80.2 Å².